The van der Waals surface area contributed by atoms with Crippen molar-refractivity contribution in [2.24, 2.45) is 0 Å². The van der Waals surface area contributed by atoms with Gasteiger partial charge in [0.2, 0.25) is 5.95 Å². The minimum absolute atomic E-state index is 0.0845. The smallest absolute Gasteiger partial charge is 0.309 e. The summed E-state index contributed by atoms with van der Waals surface area (Å²) in [6.45, 7) is -0.0449. The molecule has 6 rings (SSSR count). The number of hydrogen-bond acceptors (Lipinski definition) is 9. The number of carbonyl (C=O) groups excluding carboxylic acids is 1. The average Bonchev–Trinajstić information content (AvgIpc) is 3.64. The van der Waals surface area contributed by atoms with Gasteiger partial charge in [-0.2, -0.15) is 5.10 Å². The Kier molecular flexibility index (Phi) is 4.86. The minimum Gasteiger partial charge on any atom is -0.368 e. The number of halogens is 2. The molecule has 2 N–H and O–H groups in total. The molecule has 2 aliphatic heterocycles. The van der Waals surface area contributed by atoms with Gasteiger partial charge in [-0.05, 0) is 31.0 Å². The Bertz CT molecular complexity index is 1490. The molecule has 1 atom stereocenters. The number of hydrogen-bond donors (Lipinski definition) is 2. The Hall–Kier alpha value is -4.26. The van der Waals surface area contributed by atoms with Crippen molar-refractivity contribution in [1.82, 2.24) is 34.8 Å². The molecule has 1 saturated heterocycles. The maximum absolute atomic E-state index is 14.5. The van der Waals surface area contributed by atoms with Gasteiger partial charge in [-0.3, -0.25) is 9.48 Å². The summed E-state index contributed by atoms with van der Waals surface area (Å²) in [5.41, 5.74) is 0.181. The molecule has 36 heavy (non-hydrogen) atoms. The first-order valence-corrected chi connectivity index (χ1v) is 11.2. The second-order valence-electron chi connectivity index (χ2n) is 8.78. The molecule has 1 amide bonds. The molecule has 0 radical (unpaired) electrons. The number of rotatable bonds is 5. The van der Waals surface area contributed by atoms with Crippen LogP contribution >= 0.6 is 0 Å². The minimum atomic E-state index is -3.74. The number of nitrogens with zero attached hydrogens (tertiary/aromatic N) is 7. The third-order valence-electron chi connectivity index (χ3n) is 6.40. The van der Waals surface area contributed by atoms with E-state index in [4.69, 9.17) is 4.52 Å². The van der Waals surface area contributed by atoms with E-state index < -0.39 is 29.7 Å². The summed E-state index contributed by atoms with van der Waals surface area (Å²) in [6.07, 6.45) is 5.31. The molecule has 2 aliphatic rings. The molecule has 0 aliphatic carbocycles. The van der Waals surface area contributed by atoms with Crippen molar-refractivity contribution in [1.29, 1.82) is 0 Å². The van der Waals surface area contributed by atoms with Crippen LogP contribution in [0.25, 0.3) is 22.8 Å². The highest BCUT2D eigenvalue weighted by Gasteiger charge is 2.68. The maximum Gasteiger partial charge on any atom is 0.309 e. The number of alkyl halides is 2. The van der Waals surface area contributed by atoms with Gasteiger partial charge in [-0.15, -0.1) is 0 Å². The number of amides is 1. The molecule has 0 saturated carbocycles. The summed E-state index contributed by atoms with van der Waals surface area (Å²) in [7, 11) is 1.18. The zero-order valence-corrected chi connectivity index (χ0v) is 19.0. The zero-order chi connectivity index (χ0) is 25.1. The van der Waals surface area contributed by atoms with Crippen molar-refractivity contribution in [3.8, 4) is 22.8 Å². The summed E-state index contributed by atoms with van der Waals surface area (Å²) in [5, 5.41) is 21.9. The van der Waals surface area contributed by atoms with Gasteiger partial charge in [0.1, 0.15) is 5.69 Å². The number of aromatic nitrogens is 6. The summed E-state index contributed by atoms with van der Waals surface area (Å²) >= 11 is 0. The third-order valence-corrected chi connectivity index (χ3v) is 6.40. The first-order chi connectivity index (χ1) is 17.3. The van der Waals surface area contributed by atoms with Gasteiger partial charge < -0.3 is 19.8 Å². The normalized spacial score (nSPS) is 20.7. The molecule has 13 heteroatoms. The quantitative estimate of drug-likeness (QED) is 0.429. The van der Waals surface area contributed by atoms with Crippen LogP contribution in [-0.2, 0) is 23.4 Å². The maximum atomic E-state index is 14.5. The fraction of sp³-hybridized carbons (Fsp3) is 0.304. The first kappa shape index (κ1) is 22.2. The van der Waals surface area contributed by atoms with E-state index >= 15 is 0 Å². The Morgan fingerprint density at radius 1 is 1.14 bits per heavy atom. The Morgan fingerprint density at radius 2 is 1.92 bits per heavy atom. The Labute approximate surface area is 202 Å². The number of carbonyl (C=O) groups is 1. The molecule has 1 unspecified atom stereocenters. The van der Waals surface area contributed by atoms with Crippen molar-refractivity contribution in [2.45, 2.75) is 30.9 Å². The number of anilines is 2. The van der Waals surface area contributed by atoms with E-state index in [2.05, 4.69) is 30.5 Å². The Morgan fingerprint density at radius 3 is 2.69 bits per heavy atom. The lowest BCUT2D eigenvalue weighted by atomic mass is 9.95. The fourth-order valence-corrected chi connectivity index (χ4v) is 4.54. The number of likely N-dealkylation sites (N-methyl/N-ethyl adjacent to an activating group) is 1. The molecule has 1 fully saturated rings. The Balaban J connectivity index is 1.29. The second kappa shape index (κ2) is 7.88. The lowest BCUT2D eigenvalue weighted by Gasteiger charge is -2.22. The van der Waals surface area contributed by atoms with E-state index in [1.165, 1.54) is 7.05 Å². The zero-order valence-electron chi connectivity index (χ0n) is 19.0. The fourth-order valence-electron chi connectivity index (χ4n) is 4.54. The summed E-state index contributed by atoms with van der Waals surface area (Å²) in [5.74, 6) is -5.18. The molecule has 184 valence electrons. The van der Waals surface area contributed by atoms with Crippen molar-refractivity contribution in [2.75, 3.05) is 18.9 Å². The molecule has 0 aromatic carbocycles. The van der Waals surface area contributed by atoms with Crippen LogP contribution < -0.4 is 5.32 Å². The van der Waals surface area contributed by atoms with E-state index in [-0.39, 0.29) is 11.4 Å². The van der Waals surface area contributed by atoms with Gasteiger partial charge in [0, 0.05) is 25.9 Å². The number of pyridine rings is 1. The second-order valence-corrected chi connectivity index (χ2v) is 8.78. The number of nitrogens with one attached hydrogen (secondary N) is 1. The largest absolute Gasteiger partial charge is 0.368 e. The van der Waals surface area contributed by atoms with Gasteiger partial charge >= 0.3 is 5.92 Å². The summed E-state index contributed by atoms with van der Waals surface area (Å²) in [4.78, 5) is 26.4. The van der Waals surface area contributed by atoms with Crippen molar-refractivity contribution in [3.05, 3.63) is 54.2 Å². The van der Waals surface area contributed by atoms with Gasteiger partial charge in [-0.1, -0.05) is 11.2 Å². The van der Waals surface area contributed by atoms with Crippen LogP contribution in [0.4, 0.5) is 20.4 Å². The number of likely N-dealkylation sites (tertiary alicyclic amines) is 1. The van der Waals surface area contributed by atoms with Gasteiger partial charge in [-0.25, -0.2) is 23.7 Å². The molecule has 4 aromatic rings. The van der Waals surface area contributed by atoms with Crippen LogP contribution in [0.5, 0.6) is 0 Å². The molecular weight excluding hydrogens is 474 g/mol. The van der Waals surface area contributed by atoms with E-state index in [1.807, 2.05) is 4.68 Å². The molecular formula is C23H20F2N8O3. The predicted molar refractivity (Wildman–Crippen MR) is 121 cm³/mol. The van der Waals surface area contributed by atoms with Crippen molar-refractivity contribution < 1.29 is 23.2 Å². The van der Waals surface area contributed by atoms with Crippen molar-refractivity contribution >= 4 is 17.5 Å². The van der Waals surface area contributed by atoms with Gasteiger partial charge in [0.25, 0.3) is 11.5 Å². The number of aliphatic hydroxyl groups is 1. The van der Waals surface area contributed by atoms with E-state index in [1.54, 1.807) is 36.7 Å². The summed E-state index contributed by atoms with van der Waals surface area (Å²) in [6, 6.07) is 7.82. The van der Waals surface area contributed by atoms with Gasteiger partial charge in [0.05, 0.1) is 41.2 Å². The lowest BCUT2D eigenvalue weighted by molar-refractivity contribution is -0.179. The molecule has 0 spiro atoms. The van der Waals surface area contributed by atoms with Crippen LogP contribution in [0.1, 0.15) is 17.9 Å². The molecule has 6 heterocycles. The topological polar surface area (TPSA) is 135 Å². The third kappa shape index (κ3) is 3.34. The summed E-state index contributed by atoms with van der Waals surface area (Å²) < 4.78 is 35.9. The molecule has 11 nitrogen and oxygen atoms in total. The number of aryl methyl sites for hydroxylation is 1. The average molecular weight is 494 g/mol. The number of fused-ring (bicyclic) bond motifs is 1. The van der Waals surface area contributed by atoms with E-state index in [0.29, 0.717) is 17.3 Å². The van der Waals surface area contributed by atoms with E-state index in [9.17, 15) is 18.7 Å². The molecule has 0 bridgehead atoms. The predicted octanol–water partition coefficient (Wildman–Crippen LogP) is 2.37. The monoisotopic (exact) mass is 494 g/mol. The van der Waals surface area contributed by atoms with Crippen LogP contribution in [0.3, 0.4) is 0 Å². The highest BCUT2D eigenvalue weighted by molar-refractivity contribution is 5.89. The first-order valence-electron chi connectivity index (χ1n) is 11.2. The SMILES string of the molecule is CN1CC(F)(F)C(O)(c2cc(-c3cccc(-c4ccnc(Nc5cnn6c5CCC6)n4)n3)no2)C1=O. The van der Waals surface area contributed by atoms with Crippen LogP contribution in [0.15, 0.2) is 47.2 Å². The van der Waals surface area contributed by atoms with E-state index in [0.717, 1.165) is 41.7 Å². The molecule has 4 aromatic heterocycles. The van der Waals surface area contributed by atoms with Crippen LogP contribution in [0.2, 0.25) is 0 Å². The van der Waals surface area contributed by atoms with Crippen molar-refractivity contribution in [3.63, 3.8) is 0 Å². The van der Waals surface area contributed by atoms with Crippen LogP contribution in [-0.4, -0.2) is 65.3 Å². The lowest BCUT2D eigenvalue weighted by Crippen LogP contribution is -2.46. The van der Waals surface area contributed by atoms with Gasteiger partial charge in [0.15, 0.2) is 5.76 Å². The highest BCUT2D eigenvalue weighted by atomic mass is 19.3. The van der Waals surface area contributed by atoms with Crippen LogP contribution in [0, 0.1) is 0 Å². The standard InChI is InChI=1S/C23H20F2N8O3/c1-32-12-22(24,25)23(35,20(32)34)19-10-16(31-36-19)14-5-2-4-13(28-14)15-7-8-26-21(29-15)30-17-11-27-33-9-3-6-18(17)33/h2,4-5,7-8,10-11,35H,3,6,9,12H2,1H3,(H,26,29,30). The highest BCUT2D eigenvalue weighted by Crippen LogP contribution is 2.45.